The van der Waals surface area contributed by atoms with Gasteiger partial charge >= 0.3 is 0 Å². The number of aromatic nitrogens is 1. The van der Waals surface area contributed by atoms with Gasteiger partial charge < -0.3 is 9.84 Å². The molecule has 6 heteroatoms. The SMILES string of the molecule is Cc1ccc(CN2CC[C@@H](CNC(=O)c3noc4c3CCc3sccc3-4)C2)cc1. The number of thiophene rings is 1. The molecule has 5 nitrogen and oxygen atoms in total. The zero-order valence-electron chi connectivity index (χ0n) is 16.6. The first-order valence-electron chi connectivity index (χ1n) is 10.3. The molecule has 1 atom stereocenters. The molecule has 150 valence electrons. The van der Waals surface area contributed by atoms with E-state index < -0.39 is 0 Å². The second-order valence-corrected chi connectivity index (χ2v) is 9.18. The number of rotatable bonds is 5. The van der Waals surface area contributed by atoms with Crippen LogP contribution in [-0.2, 0) is 19.4 Å². The Morgan fingerprint density at radius 1 is 1.28 bits per heavy atom. The van der Waals surface area contributed by atoms with E-state index in [1.165, 1.54) is 16.0 Å². The van der Waals surface area contributed by atoms with Crippen LogP contribution in [0.1, 0.15) is 38.5 Å². The first-order valence-corrected chi connectivity index (χ1v) is 11.2. The summed E-state index contributed by atoms with van der Waals surface area (Å²) in [5, 5.41) is 9.28. The van der Waals surface area contributed by atoms with Gasteiger partial charge in [0.15, 0.2) is 11.5 Å². The van der Waals surface area contributed by atoms with Crippen molar-refractivity contribution in [3.63, 3.8) is 0 Å². The molecule has 0 spiro atoms. The summed E-state index contributed by atoms with van der Waals surface area (Å²) in [6, 6.07) is 10.8. The molecule has 1 saturated heterocycles. The van der Waals surface area contributed by atoms with Gasteiger partial charge in [-0.15, -0.1) is 11.3 Å². The lowest BCUT2D eigenvalue weighted by Gasteiger charge is -2.16. The highest BCUT2D eigenvalue weighted by Crippen LogP contribution is 2.38. The zero-order valence-corrected chi connectivity index (χ0v) is 17.4. The van der Waals surface area contributed by atoms with Gasteiger partial charge in [-0.05, 0) is 55.7 Å². The third-order valence-electron chi connectivity index (χ3n) is 6.04. The minimum Gasteiger partial charge on any atom is -0.355 e. The number of nitrogens with one attached hydrogen (secondary N) is 1. The van der Waals surface area contributed by atoms with Crippen LogP contribution in [0.4, 0.5) is 0 Å². The minimum atomic E-state index is -0.106. The maximum atomic E-state index is 12.7. The minimum absolute atomic E-state index is 0.106. The van der Waals surface area contributed by atoms with Crippen LogP contribution < -0.4 is 5.32 Å². The smallest absolute Gasteiger partial charge is 0.273 e. The number of carbonyl (C=O) groups is 1. The summed E-state index contributed by atoms with van der Waals surface area (Å²) in [7, 11) is 0. The fourth-order valence-corrected chi connectivity index (χ4v) is 5.28. The Morgan fingerprint density at radius 3 is 3.00 bits per heavy atom. The summed E-state index contributed by atoms with van der Waals surface area (Å²) in [5.74, 6) is 1.16. The zero-order chi connectivity index (χ0) is 19.8. The fraction of sp³-hybridized carbons (Fsp3) is 0.391. The van der Waals surface area contributed by atoms with Crippen molar-refractivity contribution in [3.8, 4) is 11.3 Å². The van der Waals surface area contributed by atoms with Crippen molar-refractivity contribution in [2.45, 2.75) is 32.7 Å². The van der Waals surface area contributed by atoms with Crippen molar-refractivity contribution in [1.82, 2.24) is 15.4 Å². The molecule has 1 N–H and O–H groups in total. The Kier molecular flexibility index (Phi) is 4.97. The maximum absolute atomic E-state index is 12.7. The number of nitrogens with zero attached hydrogens (tertiary/aromatic N) is 2. The van der Waals surface area contributed by atoms with Gasteiger partial charge in [0.1, 0.15) is 0 Å². The average molecular weight is 408 g/mol. The number of likely N-dealkylation sites (tertiary alicyclic amines) is 1. The summed E-state index contributed by atoms with van der Waals surface area (Å²) in [6.45, 7) is 5.88. The molecule has 3 heterocycles. The molecular formula is C23H25N3O2S. The Bertz CT molecular complexity index is 1020. The van der Waals surface area contributed by atoms with Gasteiger partial charge in [0.25, 0.3) is 5.91 Å². The second-order valence-electron chi connectivity index (χ2n) is 8.18. The van der Waals surface area contributed by atoms with Gasteiger partial charge in [-0.25, -0.2) is 0 Å². The number of benzene rings is 1. The molecule has 1 fully saturated rings. The number of fused-ring (bicyclic) bond motifs is 3. The highest BCUT2D eigenvalue weighted by Gasteiger charge is 2.29. The predicted molar refractivity (Wildman–Crippen MR) is 114 cm³/mol. The van der Waals surface area contributed by atoms with Crippen LogP contribution >= 0.6 is 11.3 Å². The highest BCUT2D eigenvalue weighted by atomic mass is 32.1. The van der Waals surface area contributed by atoms with Gasteiger partial charge in [-0.2, -0.15) is 0 Å². The lowest BCUT2D eigenvalue weighted by molar-refractivity contribution is 0.0937. The number of hydrogen-bond acceptors (Lipinski definition) is 5. The Labute approximate surface area is 174 Å². The molecule has 1 aliphatic carbocycles. The van der Waals surface area contributed by atoms with Crippen molar-refractivity contribution in [2.75, 3.05) is 19.6 Å². The summed E-state index contributed by atoms with van der Waals surface area (Å²) in [4.78, 5) is 16.5. The molecule has 1 aliphatic heterocycles. The maximum Gasteiger partial charge on any atom is 0.273 e. The average Bonchev–Trinajstić information content (AvgIpc) is 3.46. The molecule has 0 saturated carbocycles. The Morgan fingerprint density at radius 2 is 2.14 bits per heavy atom. The van der Waals surface area contributed by atoms with Gasteiger partial charge in [0, 0.05) is 35.6 Å². The lowest BCUT2D eigenvalue weighted by atomic mass is 9.95. The third kappa shape index (κ3) is 3.74. The molecular weight excluding hydrogens is 382 g/mol. The van der Waals surface area contributed by atoms with Crippen LogP contribution in [0.25, 0.3) is 11.3 Å². The van der Waals surface area contributed by atoms with Gasteiger partial charge in [0.2, 0.25) is 0 Å². The fourth-order valence-electron chi connectivity index (χ4n) is 4.40. The topological polar surface area (TPSA) is 58.4 Å². The van der Waals surface area contributed by atoms with E-state index in [4.69, 9.17) is 4.52 Å². The van der Waals surface area contributed by atoms with E-state index in [1.54, 1.807) is 11.3 Å². The molecule has 2 aliphatic rings. The van der Waals surface area contributed by atoms with Crippen LogP contribution in [0.15, 0.2) is 40.2 Å². The second kappa shape index (κ2) is 7.76. The van der Waals surface area contributed by atoms with E-state index in [-0.39, 0.29) is 5.91 Å². The van der Waals surface area contributed by atoms with Crippen LogP contribution in [0.3, 0.4) is 0 Å². The van der Waals surface area contributed by atoms with Crippen molar-refractivity contribution >= 4 is 17.2 Å². The molecule has 0 bridgehead atoms. The van der Waals surface area contributed by atoms with Gasteiger partial charge in [0.05, 0.1) is 0 Å². The van der Waals surface area contributed by atoms with E-state index in [1.807, 2.05) is 0 Å². The quantitative estimate of drug-likeness (QED) is 0.693. The number of carbonyl (C=O) groups excluding carboxylic acids is 1. The van der Waals surface area contributed by atoms with Gasteiger partial charge in [-0.1, -0.05) is 35.0 Å². The third-order valence-corrected chi connectivity index (χ3v) is 7.02. The summed E-state index contributed by atoms with van der Waals surface area (Å²) in [5.41, 5.74) is 5.17. The first kappa shape index (κ1) is 18.6. The highest BCUT2D eigenvalue weighted by molar-refractivity contribution is 7.10. The first-order chi connectivity index (χ1) is 14.2. The molecule has 0 radical (unpaired) electrons. The van der Waals surface area contributed by atoms with Crippen molar-refractivity contribution in [3.05, 3.63) is 63.0 Å². The largest absolute Gasteiger partial charge is 0.355 e. The monoisotopic (exact) mass is 407 g/mol. The van der Waals surface area contributed by atoms with Crippen LogP contribution in [-0.4, -0.2) is 35.6 Å². The number of amides is 1. The van der Waals surface area contributed by atoms with Crippen molar-refractivity contribution in [2.24, 2.45) is 5.92 Å². The Hall–Kier alpha value is -2.44. The van der Waals surface area contributed by atoms with E-state index in [0.29, 0.717) is 18.2 Å². The van der Waals surface area contributed by atoms with E-state index in [2.05, 4.69) is 58.0 Å². The molecule has 1 aromatic carbocycles. The van der Waals surface area contributed by atoms with E-state index in [0.717, 1.165) is 55.8 Å². The van der Waals surface area contributed by atoms with Crippen LogP contribution in [0.2, 0.25) is 0 Å². The van der Waals surface area contributed by atoms with Crippen molar-refractivity contribution in [1.29, 1.82) is 0 Å². The van der Waals surface area contributed by atoms with E-state index >= 15 is 0 Å². The number of hydrogen-bond donors (Lipinski definition) is 1. The molecule has 2 aromatic heterocycles. The summed E-state index contributed by atoms with van der Waals surface area (Å²) < 4.78 is 5.54. The molecule has 5 rings (SSSR count). The predicted octanol–water partition coefficient (Wildman–Crippen LogP) is 4.06. The molecule has 3 aromatic rings. The lowest BCUT2D eigenvalue weighted by Crippen LogP contribution is -2.31. The molecule has 29 heavy (non-hydrogen) atoms. The standard InChI is InChI=1S/C23H25N3O2S/c1-15-2-4-16(5-3-15)13-26-10-8-17(14-26)12-24-23(27)21-19-6-7-20-18(9-11-29-20)22(19)28-25-21/h2-5,9,11,17H,6-8,10,12-14H2,1H3,(H,24,27)/t17-/m0/s1. The summed E-state index contributed by atoms with van der Waals surface area (Å²) >= 11 is 1.74. The van der Waals surface area contributed by atoms with Crippen molar-refractivity contribution < 1.29 is 9.32 Å². The van der Waals surface area contributed by atoms with Crippen LogP contribution in [0.5, 0.6) is 0 Å². The number of aryl methyl sites for hydroxylation is 2. The molecule has 0 unspecified atom stereocenters. The van der Waals surface area contributed by atoms with E-state index in [9.17, 15) is 4.79 Å². The van der Waals surface area contributed by atoms with Gasteiger partial charge in [-0.3, -0.25) is 9.69 Å². The summed E-state index contributed by atoms with van der Waals surface area (Å²) in [6.07, 6.45) is 2.89. The van der Waals surface area contributed by atoms with Crippen LogP contribution in [0, 0.1) is 12.8 Å². The molecule has 1 amide bonds. The normalized spacial score (nSPS) is 18.4. The Balaban J connectivity index is 1.17.